The van der Waals surface area contributed by atoms with E-state index in [1.54, 1.807) is 29.1 Å². The lowest BCUT2D eigenvalue weighted by Gasteiger charge is -2.30. The third kappa shape index (κ3) is 5.27. The second-order valence-electron chi connectivity index (χ2n) is 12.4. The smallest absolute Gasteiger partial charge is 0.274 e. The maximum atomic E-state index is 13.8. The van der Waals surface area contributed by atoms with Gasteiger partial charge in [0.05, 0.1) is 17.2 Å². The molecule has 5 heterocycles. The maximum Gasteiger partial charge on any atom is 0.274 e. The Labute approximate surface area is 262 Å². The van der Waals surface area contributed by atoms with Crippen LogP contribution in [0.3, 0.4) is 0 Å². The molecular weight excluding hydrogens is 570 g/mol. The molecule has 0 unspecified atom stereocenters. The predicted octanol–water partition coefficient (Wildman–Crippen LogP) is 5.64. The van der Waals surface area contributed by atoms with E-state index in [0.29, 0.717) is 29.5 Å². The Bertz CT molecular complexity index is 1770. The number of aromatic nitrogens is 2. The fourth-order valence-corrected chi connectivity index (χ4v) is 8.55. The van der Waals surface area contributed by atoms with Crippen molar-refractivity contribution in [1.82, 2.24) is 14.5 Å². The number of aliphatic hydroxyl groups excluding tert-OH is 1. The minimum atomic E-state index is -0.228. The summed E-state index contributed by atoms with van der Waals surface area (Å²) in [4.78, 5) is 38.1. The van der Waals surface area contributed by atoms with Gasteiger partial charge in [-0.1, -0.05) is 18.2 Å². The molecule has 9 heteroatoms. The summed E-state index contributed by atoms with van der Waals surface area (Å²) in [7, 11) is 3.89. The van der Waals surface area contributed by atoms with Gasteiger partial charge >= 0.3 is 0 Å². The van der Waals surface area contributed by atoms with E-state index in [9.17, 15) is 14.7 Å². The van der Waals surface area contributed by atoms with Crippen LogP contribution < -0.4 is 15.8 Å². The van der Waals surface area contributed by atoms with E-state index in [-0.39, 0.29) is 18.1 Å². The number of nitrogens with zero attached hydrogens (tertiary/aromatic N) is 4. The van der Waals surface area contributed by atoms with Crippen molar-refractivity contribution < 1.29 is 9.90 Å². The average Bonchev–Trinajstić information content (AvgIpc) is 3.43. The first-order valence-electron chi connectivity index (χ1n) is 15.7. The molecule has 3 aliphatic rings. The van der Waals surface area contributed by atoms with Crippen LogP contribution in [0.2, 0.25) is 0 Å². The number of hydrogen-bond donors (Lipinski definition) is 2. The van der Waals surface area contributed by atoms with E-state index in [1.165, 1.54) is 34.4 Å². The molecule has 8 nitrogen and oxygen atoms in total. The standard InChI is InChI=1S/C35H39N5O3S/c1-38-15-12-22(13-16-38)23-10-11-32(36-19-23)37-29-18-24(20-39(2)34(29)42)25-7-5-8-30(28(25)21-41)40-17-14-27-26-6-3-4-9-31(26)44-33(27)35(40)43/h5,7-8,10-11,18-20,22,41H,3-4,6,9,12-17,21H2,1-2H3,(H,36,37). The second-order valence-corrected chi connectivity index (χ2v) is 13.5. The van der Waals surface area contributed by atoms with Crippen LogP contribution in [0.15, 0.2) is 53.6 Å². The third-order valence-electron chi connectivity index (χ3n) is 9.64. The van der Waals surface area contributed by atoms with E-state index in [0.717, 1.165) is 66.9 Å². The number of likely N-dealkylation sites (tertiary alicyclic amines) is 1. The van der Waals surface area contributed by atoms with E-state index in [1.807, 2.05) is 41.4 Å². The molecule has 1 amide bonds. The van der Waals surface area contributed by atoms with E-state index >= 15 is 0 Å². The predicted molar refractivity (Wildman–Crippen MR) is 176 cm³/mol. The summed E-state index contributed by atoms with van der Waals surface area (Å²) >= 11 is 1.67. The number of rotatable bonds is 6. The van der Waals surface area contributed by atoms with Gasteiger partial charge in [0.1, 0.15) is 11.5 Å². The van der Waals surface area contributed by atoms with Crippen LogP contribution >= 0.6 is 11.3 Å². The lowest BCUT2D eigenvalue weighted by molar-refractivity contribution is 0.0984. The van der Waals surface area contributed by atoms with E-state index in [2.05, 4.69) is 28.3 Å². The molecule has 1 saturated heterocycles. The van der Waals surface area contributed by atoms with Gasteiger partial charge in [-0.05, 0) is 111 Å². The molecule has 3 aromatic heterocycles. The van der Waals surface area contributed by atoms with Crippen molar-refractivity contribution in [2.45, 2.75) is 57.5 Å². The summed E-state index contributed by atoms with van der Waals surface area (Å²) in [5.74, 6) is 1.15. The zero-order valence-corrected chi connectivity index (χ0v) is 26.3. The number of hydrogen-bond acceptors (Lipinski definition) is 7. The molecule has 1 aliphatic carbocycles. The molecule has 1 fully saturated rings. The van der Waals surface area contributed by atoms with Gasteiger partial charge < -0.3 is 24.8 Å². The number of thiophene rings is 1. The summed E-state index contributed by atoms with van der Waals surface area (Å²) in [5, 5.41) is 13.9. The monoisotopic (exact) mass is 609 g/mol. The molecule has 228 valence electrons. The lowest BCUT2D eigenvalue weighted by Crippen LogP contribution is -2.37. The molecule has 0 radical (unpaired) electrons. The fourth-order valence-electron chi connectivity index (χ4n) is 7.16. The van der Waals surface area contributed by atoms with Crippen molar-refractivity contribution in [3.8, 4) is 11.1 Å². The van der Waals surface area contributed by atoms with Crippen molar-refractivity contribution in [3.05, 3.63) is 91.2 Å². The lowest BCUT2D eigenvalue weighted by atomic mass is 9.91. The van der Waals surface area contributed by atoms with Crippen molar-refractivity contribution in [1.29, 1.82) is 0 Å². The minimum Gasteiger partial charge on any atom is -0.392 e. The highest BCUT2D eigenvalue weighted by Gasteiger charge is 2.33. The molecular formula is C35H39N5O3S. The summed E-state index contributed by atoms with van der Waals surface area (Å²) in [6.07, 6.45) is 11.3. The number of pyridine rings is 2. The van der Waals surface area contributed by atoms with Crippen molar-refractivity contribution in [2.24, 2.45) is 7.05 Å². The number of amides is 1. The van der Waals surface area contributed by atoms with Gasteiger partial charge in [0, 0.05) is 42.0 Å². The maximum absolute atomic E-state index is 13.8. The highest BCUT2D eigenvalue weighted by atomic mass is 32.1. The van der Waals surface area contributed by atoms with Gasteiger partial charge in [0.2, 0.25) is 0 Å². The second kappa shape index (κ2) is 12.0. The van der Waals surface area contributed by atoms with Gasteiger partial charge in [-0.15, -0.1) is 11.3 Å². The van der Waals surface area contributed by atoms with Crippen LogP contribution in [0.1, 0.15) is 68.4 Å². The first-order chi connectivity index (χ1) is 21.4. The normalized spacial score (nSPS) is 17.4. The largest absolute Gasteiger partial charge is 0.392 e. The molecule has 7 rings (SSSR count). The Kier molecular flexibility index (Phi) is 7.86. The zero-order valence-electron chi connectivity index (χ0n) is 25.4. The number of fused-ring (bicyclic) bond motifs is 3. The van der Waals surface area contributed by atoms with Crippen LogP contribution in [0.4, 0.5) is 17.2 Å². The fraction of sp³-hybridized carbons (Fsp3) is 0.400. The van der Waals surface area contributed by atoms with Gasteiger partial charge in [-0.2, -0.15) is 0 Å². The Morgan fingerprint density at radius 3 is 2.59 bits per heavy atom. The Balaban J connectivity index is 1.18. The molecule has 2 aliphatic heterocycles. The number of anilines is 3. The molecule has 2 N–H and O–H groups in total. The highest BCUT2D eigenvalue weighted by molar-refractivity contribution is 7.14. The number of piperidine rings is 1. The SMILES string of the molecule is CN1CCC(c2ccc(Nc3cc(-c4cccc(N5CCc6c(sc7c6CCCC7)C5=O)c4CO)cn(C)c3=O)nc2)CC1. The van der Waals surface area contributed by atoms with Crippen LogP contribution in [-0.4, -0.2) is 52.1 Å². The van der Waals surface area contributed by atoms with Gasteiger partial charge in [-0.25, -0.2) is 4.98 Å². The molecule has 0 saturated carbocycles. The molecule has 0 spiro atoms. The Morgan fingerprint density at radius 2 is 1.82 bits per heavy atom. The number of nitrogens with one attached hydrogen (secondary N) is 1. The van der Waals surface area contributed by atoms with Crippen LogP contribution in [-0.2, 0) is 32.9 Å². The summed E-state index contributed by atoms with van der Waals surface area (Å²) in [5.41, 5.74) is 7.09. The Hall–Kier alpha value is -3.79. The highest BCUT2D eigenvalue weighted by Crippen LogP contribution is 2.40. The van der Waals surface area contributed by atoms with E-state index < -0.39 is 0 Å². The first kappa shape index (κ1) is 29.0. The van der Waals surface area contributed by atoms with Crippen molar-refractivity contribution >= 4 is 34.4 Å². The Morgan fingerprint density at radius 1 is 1.00 bits per heavy atom. The molecule has 4 aromatic rings. The third-order valence-corrected chi connectivity index (χ3v) is 11.0. The first-order valence-corrected chi connectivity index (χ1v) is 16.5. The molecule has 0 atom stereocenters. The van der Waals surface area contributed by atoms with Gasteiger partial charge in [0.15, 0.2) is 0 Å². The van der Waals surface area contributed by atoms with Crippen molar-refractivity contribution in [2.75, 3.05) is 36.9 Å². The van der Waals surface area contributed by atoms with Crippen LogP contribution in [0.25, 0.3) is 11.1 Å². The van der Waals surface area contributed by atoms with E-state index in [4.69, 9.17) is 0 Å². The molecule has 44 heavy (non-hydrogen) atoms. The minimum absolute atomic E-state index is 0.0232. The number of carbonyl (C=O) groups excluding carboxylic acids is 1. The topological polar surface area (TPSA) is 90.7 Å². The van der Waals surface area contributed by atoms with Crippen molar-refractivity contribution in [3.63, 3.8) is 0 Å². The zero-order chi connectivity index (χ0) is 30.4. The quantitative estimate of drug-likeness (QED) is 0.294. The summed E-state index contributed by atoms with van der Waals surface area (Å²) < 4.78 is 1.55. The molecule has 1 aromatic carbocycles. The van der Waals surface area contributed by atoms with Gasteiger partial charge in [0.25, 0.3) is 11.5 Å². The molecule has 0 bridgehead atoms. The van der Waals surface area contributed by atoms with Gasteiger partial charge in [-0.3, -0.25) is 9.59 Å². The van der Waals surface area contributed by atoms with Crippen LogP contribution in [0, 0.1) is 0 Å². The number of aryl methyl sites for hydroxylation is 2. The van der Waals surface area contributed by atoms with Crippen LogP contribution in [0.5, 0.6) is 0 Å². The summed E-state index contributed by atoms with van der Waals surface area (Å²) in [6, 6.07) is 11.7. The summed E-state index contributed by atoms with van der Waals surface area (Å²) in [6.45, 7) is 2.54. The average molecular weight is 610 g/mol. The number of benzene rings is 1. The number of carbonyl (C=O) groups is 1. The number of aliphatic hydroxyl groups is 1.